The van der Waals surface area contributed by atoms with Crippen molar-refractivity contribution in [3.63, 3.8) is 0 Å². The van der Waals surface area contributed by atoms with Crippen molar-refractivity contribution in [2.45, 2.75) is 20.4 Å². The van der Waals surface area contributed by atoms with Gasteiger partial charge < -0.3 is 5.32 Å². The van der Waals surface area contributed by atoms with Crippen molar-refractivity contribution in [3.05, 3.63) is 29.6 Å². The minimum absolute atomic E-state index is 0.00162. The topological polar surface area (TPSA) is 69.0 Å². The largest absolute Gasteiger partial charge is 0.355 e. The number of hydrogen-bond acceptors (Lipinski definition) is 4. The molecule has 0 fully saturated rings. The van der Waals surface area contributed by atoms with Gasteiger partial charge >= 0.3 is 0 Å². The average Bonchev–Trinajstić information content (AvgIpc) is 2.38. The molecule has 0 aliphatic carbocycles. The standard InChI is InChI=1S/C13H18N4O/c1-3-15-13(18)10-17(4-2)9-11-6-5-7-16-12(11)8-14/h5-7H,3-4,9-10H2,1-2H3,(H,15,18). The van der Waals surface area contributed by atoms with Gasteiger partial charge in [0.2, 0.25) is 5.91 Å². The lowest BCUT2D eigenvalue weighted by Gasteiger charge is -2.19. The van der Waals surface area contributed by atoms with Gasteiger partial charge in [-0.1, -0.05) is 13.0 Å². The van der Waals surface area contributed by atoms with Gasteiger partial charge in [0.1, 0.15) is 11.8 Å². The van der Waals surface area contributed by atoms with E-state index in [-0.39, 0.29) is 5.91 Å². The SMILES string of the molecule is CCNC(=O)CN(CC)Cc1cccnc1C#N. The summed E-state index contributed by atoms with van der Waals surface area (Å²) < 4.78 is 0. The highest BCUT2D eigenvalue weighted by Gasteiger charge is 2.11. The number of nitrogens with zero attached hydrogens (tertiary/aromatic N) is 3. The predicted molar refractivity (Wildman–Crippen MR) is 68.6 cm³/mol. The minimum atomic E-state index is 0.00162. The van der Waals surface area contributed by atoms with E-state index in [4.69, 9.17) is 5.26 Å². The molecular weight excluding hydrogens is 228 g/mol. The molecule has 5 heteroatoms. The second-order valence-corrected chi connectivity index (χ2v) is 3.88. The van der Waals surface area contributed by atoms with E-state index < -0.39 is 0 Å². The third-order valence-corrected chi connectivity index (χ3v) is 2.58. The van der Waals surface area contributed by atoms with Crippen LogP contribution in [-0.4, -0.2) is 35.4 Å². The maximum atomic E-state index is 11.5. The first-order chi connectivity index (χ1) is 8.71. The molecule has 1 aromatic rings. The van der Waals surface area contributed by atoms with E-state index in [0.717, 1.165) is 12.1 Å². The van der Waals surface area contributed by atoms with E-state index in [1.54, 1.807) is 12.3 Å². The maximum Gasteiger partial charge on any atom is 0.234 e. The van der Waals surface area contributed by atoms with E-state index in [2.05, 4.69) is 16.4 Å². The lowest BCUT2D eigenvalue weighted by molar-refractivity contribution is -0.122. The van der Waals surface area contributed by atoms with Crippen molar-refractivity contribution in [1.82, 2.24) is 15.2 Å². The van der Waals surface area contributed by atoms with Crippen LogP contribution in [0, 0.1) is 11.3 Å². The van der Waals surface area contributed by atoms with Crippen molar-refractivity contribution >= 4 is 5.91 Å². The lowest BCUT2D eigenvalue weighted by atomic mass is 10.2. The Hall–Kier alpha value is -1.93. The molecule has 1 amide bonds. The normalized spacial score (nSPS) is 10.1. The molecule has 1 rings (SSSR count). The van der Waals surface area contributed by atoms with Crippen LogP contribution in [0.3, 0.4) is 0 Å². The zero-order valence-corrected chi connectivity index (χ0v) is 10.8. The molecule has 0 aliphatic heterocycles. The van der Waals surface area contributed by atoms with Crippen molar-refractivity contribution in [2.24, 2.45) is 0 Å². The summed E-state index contributed by atoms with van der Waals surface area (Å²) in [6, 6.07) is 5.73. The van der Waals surface area contributed by atoms with Gasteiger partial charge in [0.05, 0.1) is 6.54 Å². The number of nitrogens with one attached hydrogen (secondary N) is 1. The number of hydrogen-bond donors (Lipinski definition) is 1. The van der Waals surface area contributed by atoms with E-state index in [1.807, 2.05) is 24.8 Å². The number of nitriles is 1. The Balaban J connectivity index is 2.68. The van der Waals surface area contributed by atoms with Gasteiger partial charge in [0.15, 0.2) is 0 Å². The molecule has 0 saturated carbocycles. The molecule has 5 nitrogen and oxygen atoms in total. The number of carbonyl (C=O) groups excluding carboxylic acids is 1. The molecule has 0 aliphatic rings. The maximum absolute atomic E-state index is 11.5. The summed E-state index contributed by atoms with van der Waals surface area (Å²) >= 11 is 0. The van der Waals surface area contributed by atoms with Gasteiger partial charge in [0.25, 0.3) is 0 Å². The van der Waals surface area contributed by atoms with Crippen LogP contribution in [0.1, 0.15) is 25.1 Å². The van der Waals surface area contributed by atoms with Gasteiger partial charge in [-0.2, -0.15) is 5.26 Å². The summed E-state index contributed by atoms with van der Waals surface area (Å²) in [7, 11) is 0. The zero-order chi connectivity index (χ0) is 13.4. The molecule has 0 radical (unpaired) electrons. The molecule has 0 aromatic carbocycles. The van der Waals surface area contributed by atoms with Gasteiger partial charge in [0, 0.05) is 24.8 Å². The summed E-state index contributed by atoms with van der Waals surface area (Å²) in [6.07, 6.45) is 1.60. The number of likely N-dealkylation sites (N-methyl/N-ethyl adjacent to an activating group) is 2. The van der Waals surface area contributed by atoms with Crippen LogP contribution in [0.15, 0.2) is 18.3 Å². The summed E-state index contributed by atoms with van der Waals surface area (Å²) in [6.45, 7) is 6.16. The van der Waals surface area contributed by atoms with E-state index in [9.17, 15) is 4.79 Å². The van der Waals surface area contributed by atoms with Crippen molar-refractivity contribution in [3.8, 4) is 6.07 Å². The van der Waals surface area contributed by atoms with Crippen LogP contribution in [0.4, 0.5) is 0 Å². The smallest absolute Gasteiger partial charge is 0.234 e. The molecule has 1 N–H and O–H groups in total. The van der Waals surface area contributed by atoms with Crippen LogP contribution < -0.4 is 5.32 Å². The van der Waals surface area contributed by atoms with E-state index >= 15 is 0 Å². The van der Waals surface area contributed by atoms with Gasteiger partial charge in [-0.05, 0) is 19.5 Å². The number of amides is 1. The van der Waals surface area contributed by atoms with Crippen molar-refractivity contribution < 1.29 is 4.79 Å². The Kier molecular flexibility index (Phi) is 5.81. The first-order valence-corrected chi connectivity index (χ1v) is 6.04. The molecule has 96 valence electrons. The fraction of sp³-hybridized carbons (Fsp3) is 0.462. The Labute approximate surface area is 107 Å². The molecule has 0 bridgehead atoms. The Morgan fingerprint density at radius 1 is 1.56 bits per heavy atom. The molecule has 1 heterocycles. The van der Waals surface area contributed by atoms with Gasteiger partial charge in [-0.15, -0.1) is 0 Å². The Bertz CT molecular complexity index is 439. The third kappa shape index (κ3) is 4.15. The highest BCUT2D eigenvalue weighted by Crippen LogP contribution is 2.07. The van der Waals surface area contributed by atoms with E-state index in [1.165, 1.54) is 0 Å². The summed E-state index contributed by atoms with van der Waals surface area (Å²) in [5, 5.41) is 11.7. The second-order valence-electron chi connectivity index (χ2n) is 3.88. The van der Waals surface area contributed by atoms with Crippen LogP contribution in [0.2, 0.25) is 0 Å². The molecule has 1 aromatic heterocycles. The first-order valence-electron chi connectivity index (χ1n) is 6.04. The Morgan fingerprint density at radius 3 is 2.94 bits per heavy atom. The summed E-state index contributed by atoms with van der Waals surface area (Å²) in [5.41, 5.74) is 1.28. The number of aromatic nitrogens is 1. The summed E-state index contributed by atoms with van der Waals surface area (Å²) in [4.78, 5) is 17.5. The molecule has 0 spiro atoms. The third-order valence-electron chi connectivity index (χ3n) is 2.58. The number of pyridine rings is 1. The molecular formula is C13H18N4O. The lowest BCUT2D eigenvalue weighted by Crippen LogP contribution is -2.36. The van der Waals surface area contributed by atoms with Crippen LogP contribution >= 0.6 is 0 Å². The summed E-state index contributed by atoms with van der Waals surface area (Å²) in [5.74, 6) is 0.00162. The van der Waals surface area contributed by atoms with Crippen LogP contribution in [0.5, 0.6) is 0 Å². The second kappa shape index (κ2) is 7.41. The highest BCUT2D eigenvalue weighted by atomic mass is 16.2. The Morgan fingerprint density at radius 2 is 2.33 bits per heavy atom. The minimum Gasteiger partial charge on any atom is -0.355 e. The van der Waals surface area contributed by atoms with Crippen molar-refractivity contribution in [1.29, 1.82) is 5.26 Å². The predicted octanol–water partition coefficient (Wildman–Crippen LogP) is 0.911. The fourth-order valence-electron chi connectivity index (χ4n) is 1.64. The molecule has 18 heavy (non-hydrogen) atoms. The first kappa shape index (κ1) is 14.1. The van der Waals surface area contributed by atoms with Crippen LogP contribution in [-0.2, 0) is 11.3 Å². The fourth-order valence-corrected chi connectivity index (χ4v) is 1.64. The average molecular weight is 246 g/mol. The number of rotatable bonds is 6. The highest BCUT2D eigenvalue weighted by molar-refractivity contribution is 5.77. The van der Waals surface area contributed by atoms with Gasteiger partial charge in [-0.3, -0.25) is 9.69 Å². The zero-order valence-electron chi connectivity index (χ0n) is 10.8. The molecule has 0 saturated heterocycles. The van der Waals surface area contributed by atoms with Crippen molar-refractivity contribution in [2.75, 3.05) is 19.6 Å². The van der Waals surface area contributed by atoms with Gasteiger partial charge in [-0.25, -0.2) is 4.98 Å². The molecule has 0 unspecified atom stereocenters. The van der Waals surface area contributed by atoms with Crippen LogP contribution in [0.25, 0.3) is 0 Å². The quantitative estimate of drug-likeness (QED) is 0.810. The monoisotopic (exact) mass is 246 g/mol. The van der Waals surface area contributed by atoms with E-state index in [0.29, 0.717) is 25.3 Å². The molecule has 0 atom stereocenters. The number of carbonyl (C=O) groups is 1.